The highest BCUT2D eigenvalue weighted by atomic mass is 32.2. The summed E-state index contributed by atoms with van der Waals surface area (Å²) in [6, 6.07) is 3.67. The molecular formula is C10H9N3O2S2. The van der Waals surface area contributed by atoms with Crippen molar-refractivity contribution in [3.63, 3.8) is 0 Å². The Morgan fingerprint density at radius 3 is 2.71 bits per heavy atom. The molecule has 0 unspecified atom stereocenters. The van der Waals surface area contributed by atoms with Gasteiger partial charge in [-0.1, -0.05) is 23.1 Å². The number of ether oxygens (including phenoxy) is 2. The first kappa shape index (κ1) is 10.7. The summed E-state index contributed by atoms with van der Waals surface area (Å²) >= 11 is 2.96. The molecule has 2 N–H and O–H groups in total. The van der Waals surface area contributed by atoms with Crippen LogP contribution in [0.3, 0.4) is 0 Å². The molecule has 0 bridgehead atoms. The lowest BCUT2D eigenvalue weighted by atomic mass is 10.2. The molecule has 0 aliphatic carbocycles. The number of fused-ring (bicyclic) bond motifs is 1. The van der Waals surface area contributed by atoms with Crippen LogP contribution >= 0.6 is 23.1 Å². The second-order valence-corrected chi connectivity index (χ2v) is 5.46. The molecular weight excluding hydrogens is 258 g/mol. The fraction of sp³-hybridized carbons (Fsp3) is 0.200. The van der Waals surface area contributed by atoms with Crippen molar-refractivity contribution in [1.82, 2.24) is 10.2 Å². The van der Waals surface area contributed by atoms with E-state index in [0.717, 1.165) is 15.0 Å². The summed E-state index contributed by atoms with van der Waals surface area (Å²) < 4.78 is 11.8. The number of nitrogens with zero attached hydrogens (tertiary/aromatic N) is 2. The van der Waals surface area contributed by atoms with Gasteiger partial charge in [-0.25, -0.2) is 0 Å². The zero-order valence-corrected chi connectivity index (χ0v) is 10.4. The zero-order valence-electron chi connectivity index (χ0n) is 8.75. The topological polar surface area (TPSA) is 70.3 Å². The fourth-order valence-electron chi connectivity index (χ4n) is 1.48. The van der Waals surface area contributed by atoms with Crippen LogP contribution in [-0.2, 0) is 0 Å². The molecule has 2 heterocycles. The van der Waals surface area contributed by atoms with E-state index in [-0.39, 0.29) is 0 Å². The van der Waals surface area contributed by atoms with Gasteiger partial charge >= 0.3 is 0 Å². The molecule has 88 valence electrons. The monoisotopic (exact) mass is 267 g/mol. The summed E-state index contributed by atoms with van der Waals surface area (Å²) in [4.78, 5) is 0.908. The lowest BCUT2D eigenvalue weighted by molar-refractivity contribution is 0.171. The summed E-state index contributed by atoms with van der Waals surface area (Å²) in [5.41, 5.74) is 8.31. The van der Waals surface area contributed by atoms with E-state index in [1.807, 2.05) is 6.07 Å². The molecule has 5 nitrogen and oxygen atoms in total. The van der Waals surface area contributed by atoms with Crippen LogP contribution in [0.5, 0.6) is 11.5 Å². The largest absolute Gasteiger partial charge is 0.486 e. The van der Waals surface area contributed by atoms with Crippen molar-refractivity contribution in [3.05, 3.63) is 17.6 Å². The Hall–Kier alpha value is -1.47. The molecule has 0 saturated carbocycles. The third-order valence-corrected chi connectivity index (χ3v) is 4.06. The van der Waals surface area contributed by atoms with Crippen molar-refractivity contribution >= 4 is 28.8 Å². The fourth-order valence-corrected chi connectivity index (χ4v) is 2.96. The van der Waals surface area contributed by atoms with E-state index in [0.29, 0.717) is 24.7 Å². The van der Waals surface area contributed by atoms with E-state index >= 15 is 0 Å². The Labute approximate surface area is 106 Å². The van der Waals surface area contributed by atoms with Crippen LogP contribution in [0.4, 0.5) is 5.69 Å². The van der Waals surface area contributed by atoms with E-state index in [2.05, 4.69) is 10.2 Å². The van der Waals surface area contributed by atoms with Gasteiger partial charge in [0.15, 0.2) is 15.8 Å². The van der Waals surface area contributed by atoms with E-state index in [9.17, 15) is 0 Å². The van der Waals surface area contributed by atoms with E-state index in [1.165, 1.54) is 23.1 Å². The minimum Gasteiger partial charge on any atom is -0.486 e. The molecule has 0 amide bonds. The third kappa shape index (κ3) is 2.16. The molecule has 0 radical (unpaired) electrons. The number of benzene rings is 1. The van der Waals surface area contributed by atoms with Crippen molar-refractivity contribution in [1.29, 1.82) is 0 Å². The smallest absolute Gasteiger partial charge is 0.178 e. The van der Waals surface area contributed by atoms with Gasteiger partial charge < -0.3 is 15.2 Å². The highest BCUT2D eigenvalue weighted by Gasteiger charge is 2.15. The molecule has 1 aliphatic heterocycles. The third-order valence-electron chi connectivity index (χ3n) is 2.21. The summed E-state index contributed by atoms with van der Waals surface area (Å²) in [7, 11) is 0. The van der Waals surface area contributed by atoms with Crippen molar-refractivity contribution in [3.8, 4) is 11.5 Å². The van der Waals surface area contributed by atoms with Gasteiger partial charge in [0.2, 0.25) is 0 Å². The summed E-state index contributed by atoms with van der Waals surface area (Å²) in [6.07, 6.45) is 0. The van der Waals surface area contributed by atoms with Gasteiger partial charge in [-0.2, -0.15) is 0 Å². The normalized spacial score (nSPS) is 13.6. The SMILES string of the molecule is Nc1cc2c(cc1Sc1nncs1)OCCO2. The van der Waals surface area contributed by atoms with Crippen LogP contribution in [0.2, 0.25) is 0 Å². The zero-order chi connectivity index (χ0) is 11.7. The maximum absolute atomic E-state index is 5.96. The summed E-state index contributed by atoms with van der Waals surface area (Å²) in [5, 5.41) is 7.75. The number of aromatic nitrogens is 2. The number of hydrogen-bond donors (Lipinski definition) is 1. The second-order valence-electron chi connectivity index (χ2n) is 3.34. The van der Waals surface area contributed by atoms with Gasteiger partial charge in [-0.3, -0.25) is 0 Å². The van der Waals surface area contributed by atoms with Crippen LogP contribution in [0.1, 0.15) is 0 Å². The average Bonchev–Trinajstić information content (AvgIpc) is 2.83. The second kappa shape index (κ2) is 4.42. The molecule has 7 heteroatoms. The molecule has 1 aliphatic rings. The van der Waals surface area contributed by atoms with Crippen LogP contribution in [-0.4, -0.2) is 23.4 Å². The number of hydrogen-bond acceptors (Lipinski definition) is 7. The predicted molar refractivity (Wildman–Crippen MR) is 65.9 cm³/mol. The molecule has 0 fully saturated rings. The molecule has 0 atom stereocenters. The first-order valence-electron chi connectivity index (χ1n) is 4.96. The van der Waals surface area contributed by atoms with Crippen LogP contribution < -0.4 is 15.2 Å². The standard InChI is InChI=1S/C10H9N3O2S2/c11-6-3-7-8(15-2-1-14-7)4-9(6)17-10-13-12-5-16-10/h3-5H,1-2,11H2. The van der Waals surface area contributed by atoms with Gasteiger partial charge in [-0.15, -0.1) is 10.2 Å². The number of anilines is 1. The van der Waals surface area contributed by atoms with Gasteiger partial charge in [0.05, 0.1) is 0 Å². The lowest BCUT2D eigenvalue weighted by Crippen LogP contribution is -2.15. The van der Waals surface area contributed by atoms with Gasteiger partial charge in [0.1, 0.15) is 18.7 Å². The Morgan fingerprint density at radius 1 is 1.24 bits per heavy atom. The Morgan fingerprint density at radius 2 is 2.00 bits per heavy atom. The van der Waals surface area contributed by atoms with Crippen LogP contribution in [0.15, 0.2) is 26.9 Å². The van der Waals surface area contributed by atoms with Crippen molar-refractivity contribution < 1.29 is 9.47 Å². The Kier molecular flexibility index (Phi) is 2.77. The van der Waals surface area contributed by atoms with E-state index < -0.39 is 0 Å². The van der Waals surface area contributed by atoms with Crippen molar-refractivity contribution in [2.24, 2.45) is 0 Å². The molecule has 2 aromatic rings. The summed E-state index contributed by atoms with van der Waals surface area (Å²) in [6.45, 7) is 1.13. The highest BCUT2D eigenvalue weighted by molar-refractivity contribution is 8.01. The van der Waals surface area contributed by atoms with Crippen LogP contribution in [0, 0.1) is 0 Å². The maximum Gasteiger partial charge on any atom is 0.178 e. The molecule has 17 heavy (non-hydrogen) atoms. The maximum atomic E-state index is 5.96. The van der Waals surface area contributed by atoms with E-state index in [1.54, 1.807) is 11.6 Å². The first-order chi connectivity index (χ1) is 8.33. The quantitative estimate of drug-likeness (QED) is 0.840. The number of nitrogens with two attached hydrogens (primary N) is 1. The Bertz CT molecular complexity index is 531. The number of nitrogen functional groups attached to an aromatic ring is 1. The number of rotatable bonds is 2. The van der Waals surface area contributed by atoms with Gasteiger partial charge in [-0.05, 0) is 0 Å². The van der Waals surface area contributed by atoms with Crippen LogP contribution in [0.25, 0.3) is 0 Å². The van der Waals surface area contributed by atoms with Crippen molar-refractivity contribution in [2.45, 2.75) is 9.24 Å². The molecule has 1 aromatic carbocycles. The minimum absolute atomic E-state index is 0.565. The summed E-state index contributed by atoms with van der Waals surface area (Å²) in [5.74, 6) is 1.44. The van der Waals surface area contributed by atoms with Crippen molar-refractivity contribution in [2.75, 3.05) is 18.9 Å². The predicted octanol–water partition coefficient (Wildman–Crippen LogP) is 2.04. The first-order valence-corrected chi connectivity index (χ1v) is 6.66. The average molecular weight is 267 g/mol. The highest BCUT2D eigenvalue weighted by Crippen LogP contribution is 2.41. The molecule has 0 saturated heterocycles. The molecule has 0 spiro atoms. The lowest BCUT2D eigenvalue weighted by Gasteiger charge is -2.19. The van der Waals surface area contributed by atoms with E-state index in [4.69, 9.17) is 15.2 Å². The Balaban J connectivity index is 1.94. The molecule has 3 rings (SSSR count). The molecule has 1 aromatic heterocycles. The van der Waals surface area contributed by atoms with Gasteiger partial charge in [0, 0.05) is 22.7 Å². The minimum atomic E-state index is 0.565. The van der Waals surface area contributed by atoms with Gasteiger partial charge in [0.25, 0.3) is 0 Å².